The highest BCUT2D eigenvalue weighted by Gasteiger charge is 2.17. The Morgan fingerprint density at radius 1 is 1.44 bits per heavy atom. The minimum Gasteiger partial charge on any atom is -0.380 e. The lowest BCUT2D eigenvalue weighted by Crippen LogP contribution is -2.45. The van der Waals surface area contributed by atoms with Gasteiger partial charge in [-0.05, 0) is 14.0 Å². The van der Waals surface area contributed by atoms with Crippen LogP contribution in [0.2, 0.25) is 0 Å². The van der Waals surface area contributed by atoms with Gasteiger partial charge in [-0.15, -0.1) is 0 Å². The predicted molar refractivity (Wildman–Crippen MR) is 61.4 cm³/mol. The van der Waals surface area contributed by atoms with Crippen LogP contribution >= 0.6 is 0 Å². The van der Waals surface area contributed by atoms with Crippen LogP contribution in [-0.4, -0.2) is 75.4 Å². The smallest absolute Gasteiger partial charge is 0.236 e. The number of likely N-dealkylation sites (N-methyl/N-ethyl adjacent to an activating group) is 1. The SMILES string of the molecule is CCOCCN(C)CC(=O)N1CCOCC1. The van der Waals surface area contributed by atoms with E-state index < -0.39 is 0 Å². The van der Waals surface area contributed by atoms with Gasteiger partial charge in [0.1, 0.15) is 0 Å². The maximum absolute atomic E-state index is 11.8. The molecule has 0 aliphatic carbocycles. The van der Waals surface area contributed by atoms with Crippen molar-refractivity contribution in [3.05, 3.63) is 0 Å². The maximum Gasteiger partial charge on any atom is 0.236 e. The molecule has 0 spiro atoms. The number of rotatable bonds is 6. The van der Waals surface area contributed by atoms with Crippen molar-refractivity contribution >= 4 is 5.91 Å². The van der Waals surface area contributed by atoms with E-state index >= 15 is 0 Å². The van der Waals surface area contributed by atoms with Gasteiger partial charge in [0.2, 0.25) is 5.91 Å². The van der Waals surface area contributed by atoms with E-state index in [2.05, 4.69) is 0 Å². The summed E-state index contributed by atoms with van der Waals surface area (Å²) in [5.41, 5.74) is 0. The largest absolute Gasteiger partial charge is 0.380 e. The summed E-state index contributed by atoms with van der Waals surface area (Å²) in [5.74, 6) is 0.183. The summed E-state index contributed by atoms with van der Waals surface area (Å²) in [6.07, 6.45) is 0. The average Bonchev–Trinajstić information content (AvgIpc) is 2.30. The minimum atomic E-state index is 0.183. The molecule has 5 nitrogen and oxygen atoms in total. The van der Waals surface area contributed by atoms with Gasteiger partial charge in [0.25, 0.3) is 0 Å². The summed E-state index contributed by atoms with van der Waals surface area (Å²) in [6, 6.07) is 0. The molecule has 1 aliphatic rings. The Hall–Kier alpha value is -0.650. The Morgan fingerprint density at radius 2 is 2.12 bits per heavy atom. The van der Waals surface area contributed by atoms with Gasteiger partial charge in [0.05, 0.1) is 26.4 Å². The van der Waals surface area contributed by atoms with E-state index in [4.69, 9.17) is 9.47 Å². The number of ether oxygens (including phenoxy) is 2. The van der Waals surface area contributed by atoms with Gasteiger partial charge in [0, 0.05) is 26.2 Å². The van der Waals surface area contributed by atoms with Gasteiger partial charge in [-0.25, -0.2) is 0 Å². The molecule has 1 amide bonds. The van der Waals surface area contributed by atoms with Gasteiger partial charge in [-0.1, -0.05) is 0 Å². The molecule has 94 valence electrons. The van der Waals surface area contributed by atoms with Crippen LogP contribution in [-0.2, 0) is 14.3 Å². The monoisotopic (exact) mass is 230 g/mol. The van der Waals surface area contributed by atoms with Crippen molar-refractivity contribution in [2.75, 3.05) is 59.7 Å². The van der Waals surface area contributed by atoms with Gasteiger partial charge in [-0.3, -0.25) is 9.69 Å². The second kappa shape index (κ2) is 7.60. The van der Waals surface area contributed by atoms with Crippen LogP contribution in [0.4, 0.5) is 0 Å². The summed E-state index contributed by atoms with van der Waals surface area (Å²) < 4.78 is 10.5. The van der Waals surface area contributed by atoms with E-state index in [1.54, 1.807) is 0 Å². The van der Waals surface area contributed by atoms with Crippen molar-refractivity contribution in [3.8, 4) is 0 Å². The zero-order chi connectivity index (χ0) is 11.8. The molecular weight excluding hydrogens is 208 g/mol. The van der Waals surface area contributed by atoms with Crippen LogP contribution in [0.25, 0.3) is 0 Å². The number of amides is 1. The third-order valence-corrected chi connectivity index (χ3v) is 2.59. The van der Waals surface area contributed by atoms with E-state index in [1.807, 2.05) is 23.8 Å². The van der Waals surface area contributed by atoms with Crippen LogP contribution in [0.15, 0.2) is 0 Å². The van der Waals surface area contributed by atoms with Crippen molar-refractivity contribution in [1.82, 2.24) is 9.80 Å². The lowest BCUT2D eigenvalue weighted by molar-refractivity contribution is -0.136. The van der Waals surface area contributed by atoms with Crippen LogP contribution in [0.3, 0.4) is 0 Å². The molecule has 1 heterocycles. The molecule has 0 aromatic rings. The third kappa shape index (κ3) is 4.92. The van der Waals surface area contributed by atoms with E-state index in [0.29, 0.717) is 26.4 Å². The number of carbonyl (C=O) groups is 1. The first-order valence-corrected chi connectivity index (χ1v) is 5.86. The first-order valence-electron chi connectivity index (χ1n) is 5.86. The molecule has 0 N–H and O–H groups in total. The summed E-state index contributed by atoms with van der Waals surface area (Å²) in [4.78, 5) is 15.7. The first kappa shape index (κ1) is 13.4. The molecule has 5 heteroatoms. The highest BCUT2D eigenvalue weighted by Crippen LogP contribution is 1.98. The van der Waals surface area contributed by atoms with E-state index in [0.717, 1.165) is 26.2 Å². The fourth-order valence-electron chi connectivity index (χ4n) is 1.59. The Kier molecular flexibility index (Phi) is 6.37. The fraction of sp³-hybridized carbons (Fsp3) is 0.909. The van der Waals surface area contributed by atoms with E-state index in [9.17, 15) is 4.79 Å². The van der Waals surface area contributed by atoms with Crippen LogP contribution in [0, 0.1) is 0 Å². The molecule has 0 unspecified atom stereocenters. The van der Waals surface area contributed by atoms with E-state index in [-0.39, 0.29) is 5.91 Å². The van der Waals surface area contributed by atoms with Gasteiger partial charge < -0.3 is 14.4 Å². The second-order valence-electron chi connectivity index (χ2n) is 3.93. The van der Waals surface area contributed by atoms with Crippen LogP contribution in [0.1, 0.15) is 6.92 Å². The van der Waals surface area contributed by atoms with Crippen molar-refractivity contribution in [3.63, 3.8) is 0 Å². The number of nitrogens with zero attached hydrogens (tertiary/aromatic N) is 2. The Bertz CT molecular complexity index is 205. The van der Waals surface area contributed by atoms with Crippen molar-refractivity contribution < 1.29 is 14.3 Å². The molecule has 1 rings (SSSR count). The van der Waals surface area contributed by atoms with Crippen molar-refractivity contribution in [1.29, 1.82) is 0 Å². The van der Waals surface area contributed by atoms with Gasteiger partial charge >= 0.3 is 0 Å². The molecule has 1 fully saturated rings. The molecule has 0 saturated carbocycles. The molecule has 1 aliphatic heterocycles. The predicted octanol–water partition coefficient (Wildman–Crippen LogP) is -0.186. The molecule has 1 saturated heterocycles. The zero-order valence-electron chi connectivity index (χ0n) is 10.3. The number of hydrogen-bond donors (Lipinski definition) is 0. The Balaban J connectivity index is 2.16. The zero-order valence-corrected chi connectivity index (χ0v) is 10.3. The highest BCUT2D eigenvalue weighted by molar-refractivity contribution is 5.78. The quantitative estimate of drug-likeness (QED) is 0.593. The van der Waals surface area contributed by atoms with Crippen molar-refractivity contribution in [2.45, 2.75) is 6.92 Å². The molecular formula is C11H22N2O3. The molecule has 0 radical (unpaired) electrons. The summed E-state index contributed by atoms with van der Waals surface area (Å²) >= 11 is 0. The van der Waals surface area contributed by atoms with Gasteiger partial charge in [-0.2, -0.15) is 0 Å². The van der Waals surface area contributed by atoms with Crippen LogP contribution in [0.5, 0.6) is 0 Å². The van der Waals surface area contributed by atoms with Crippen molar-refractivity contribution in [2.24, 2.45) is 0 Å². The molecule has 0 bridgehead atoms. The summed E-state index contributed by atoms with van der Waals surface area (Å²) in [6.45, 7) is 7.41. The Labute approximate surface area is 97.3 Å². The normalized spacial score (nSPS) is 16.8. The number of hydrogen-bond acceptors (Lipinski definition) is 4. The standard InChI is InChI=1S/C11H22N2O3/c1-3-15-7-4-12(2)10-11(14)13-5-8-16-9-6-13/h3-10H2,1-2H3. The van der Waals surface area contributed by atoms with Gasteiger partial charge in [0.15, 0.2) is 0 Å². The number of carbonyl (C=O) groups excluding carboxylic acids is 1. The minimum absolute atomic E-state index is 0.183. The van der Waals surface area contributed by atoms with E-state index in [1.165, 1.54) is 0 Å². The molecule has 0 aromatic heterocycles. The third-order valence-electron chi connectivity index (χ3n) is 2.59. The number of morpholine rings is 1. The first-order chi connectivity index (χ1) is 7.74. The summed E-state index contributed by atoms with van der Waals surface area (Å²) in [7, 11) is 1.94. The second-order valence-corrected chi connectivity index (χ2v) is 3.93. The summed E-state index contributed by atoms with van der Waals surface area (Å²) in [5, 5.41) is 0. The highest BCUT2D eigenvalue weighted by atomic mass is 16.5. The fourth-order valence-corrected chi connectivity index (χ4v) is 1.59. The maximum atomic E-state index is 11.8. The van der Waals surface area contributed by atoms with Crippen LogP contribution < -0.4 is 0 Å². The topological polar surface area (TPSA) is 42.0 Å². The lowest BCUT2D eigenvalue weighted by Gasteiger charge is -2.28. The molecule has 16 heavy (non-hydrogen) atoms. The lowest BCUT2D eigenvalue weighted by atomic mass is 10.4. The average molecular weight is 230 g/mol. The molecule has 0 atom stereocenters. The molecule has 0 aromatic carbocycles. The Morgan fingerprint density at radius 3 is 2.75 bits per heavy atom.